The van der Waals surface area contributed by atoms with Crippen LogP contribution in [0.15, 0.2) is 40.5 Å². The van der Waals surface area contributed by atoms with Crippen molar-refractivity contribution < 1.29 is 4.42 Å². The fraction of sp³-hybridized carbons (Fsp3) is 0.385. The van der Waals surface area contributed by atoms with Gasteiger partial charge in [-0.25, -0.2) is 0 Å². The van der Waals surface area contributed by atoms with Crippen molar-refractivity contribution in [2.75, 3.05) is 6.54 Å². The van der Waals surface area contributed by atoms with E-state index in [4.69, 9.17) is 4.42 Å². The van der Waals surface area contributed by atoms with Gasteiger partial charge in [0, 0.05) is 16.5 Å². The summed E-state index contributed by atoms with van der Waals surface area (Å²) in [5.74, 6) is 0. The molecule has 0 radical (unpaired) electrons. The van der Waals surface area contributed by atoms with Crippen molar-refractivity contribution in [1.29, 1.82) is 0 Å². The lowest BCUT2D eigenvalue weighted by atomic mass is 10.0. The highest BCUT2D eigenvalue weighted by Crippen LogP contribution is 2.21. The Hall–Kier alpha value is -1.06. The predicted molar refractivity (Wildman–Crippen MR) is 67.8 cm³/mol. The third-order valence-electron chi connectivity index (χ3n) is 2.66. The molecule has 1 atom stereocenters. The first-order chi connectivity index (χ1) is 7.90. The van der Waals surface area contributed by atoms with Crippen LogP contribution < -0.4 is 5.32 Å². The van der Waals surface area contributed by atoms with Crippen LogP contribution in [0.2, 0.25) is 0 Å². The summed E-state index contributed by atoms with van der Waals surface area (Å²) in [5, 5.41) is 5.63. The van der Waals surface area contributed by atoms with E-state index in [1.165, 1.54) is 10.4 Å². The molecule has 0 spiro atoms. The molecule has 0 aliphatic rings. The van der Waals surface area contributed by atoms with E-state index in [1.54, 1.807) is 6.26 Å². The quantitative estimate of drug-likeness (QED) is 0.827. The normalized spacial score (nSPS) is 12.8. The molecule has 0 aliphatic carbocycles. The molecule has 86 valence electrons. The lowest BCUT2D eigenvalue weighted by molar-refractivity contribution is 0.502. The highest BCUT2D eigenvalue weighted by Gasteiger charge is 2.11. The fourth-order valence-corrected chi connectivity index (χ4v) is 2.57. The molecule has 1 unspecified atom stereocenters. The van der Waals surface area contributed by atoms with Crippen molar-refractivity contribution in [2.24, 2.45) is 0 Å². The number of aryl methyl sites for hydroxylation is 1. The van der Waals surface area contributed by atoms with Crippen LogP contribution in [0.4, 0.5) is 0 Å². The number of rotatable bonds is 6. The molecule has 2 aromatic rings. The molecule has 2 aromatic heterocycles. The second kappa shape index (κ2) is 5.87. The summed E-state index contributed by atoms with van der Waals surface area (Å²) in [5.41, 5.74) is 1.25. The average molecular weight is 235 g/mol. The maximum absolute atomic E-state index is 5.14. The first-order valence-electron chi connectivity index (χ1n) is 5.68. The Balaban J connectivity index is 1.93. The second-order valence-corrected chi connectivity index (χ2v) is 4.82. The van der Waals surface area contributed by atoms with Gasteiger partial charge in [-0.2, -0.15) is 0 Å². The lowest BCUT2D eigenvalue weighted by Crippen LogP contribution is -2.20. The Morgan fingerprint density at radius 2 is 2.38 bits per heavy atom. The maximum atomic E-state index is 5.14. The monoisotopic (exact) mass is 235 g/mol. The standard InChI is InChI=1S/C13H17NOS/c1-2-14-13(11-7-8-15-10-11)6-5-12-4-3-9-16-12/h3-4,7-10,13-14H,2,5-6H2,1H3. The van der Waals surface area contributed by atoms with Crippen LogP contribution in [0, 0.1) is 0 Å². The van der Waals surface area contributed by atoms with Gasteiger partial charge in [0.05, 0.1) is 12.5 Å². The van der Waals surface area contributed by atoms with Gasteiger partial charge in [-0.05, 0) is 36.9 Å². The molecule has 2 nitrogen and oxygen atoms in total. The van der Waals surface area contributed by atoms with E-state index in [-0.39, 0.29) is 0 Å². The third-order valence-corrected chi connectivity index (χ3v) is 3.59. The minimum absolute atomic E-state index is 0.408. The topological polar surface area (TPSA) is 25.2 Å². The van der Waals surface area contributed by atoms with Gasteiger partial charge in [0.15, 0.2) is 0 Å². The first kappa shape index (κ1) is 11.4. The molecule has 0 aliphatic heterocycles. The molecule has 0 fully saturated rings. The lowest BCUT2D eigenvalue weighted by Gasteiger charge is -2.15. The molecule has 0 bridgehead atoms. The summed E-state index contributed by atoms with van der Waals surface area (Å²) >= 11 is 1.83. The zero-order valence-corrected chi connectivity index (χ0v) is 10.3. The van der Waals surface area contributed by atoms with Gasteiger partial charge in [0.2, 0.25) is 0 Å². The van der Waals surface area contributed by atoms with Crippen molar-refractivity contribution in [2.45, 2.75) is 25.8 Å². The Morgan fingerprint density at radius 3 is 3.00 bits per heavy atom. The van der Waals surface area contributed by atoms with Crippen LogP contribution in [-0.4, -0.2) is 6.54 Å². The maximum Gasteiger partial charge on any atom is 0.0950 e. The highest BCUT2D eigenvalue weighted by atomic mass is 32.1. The van der Waals surface area contributed by atoms with Crippen LogP contribution in [0.25, 0.3) is 0 Å². The van der Waals surface area contributed by atoms with Crippen LogP contribution in [0.1, 0.15) is 29.8 Å². The minimum atomic E-state index is 0.408. The average Bonchev–Trinajstić information content (AvgIpc) is 2.96. The van der Waals surface area contributed by atoms with Gasteiger partial charge in [0.1, 0.15) is 0 Å². The summed E-state index contributed by atoms with van der Waals surface area (Å²) in [6, 6.07) is 6.76. The van der Waals surface area contributed by atoms with Gasteiger partial charge < -0.3 is 9.73 Å². The molecular formula is C13H17NOS. The number of furan rings is 1. The first-order valence-corrected chi connectivity index (χ1v) is 6.56. The largest absolute Gasteiger partial charge is 0.472 e. The highest BCUT2D eigenvalue weighted by molar-refractivity contribution is 7.09. The van der Waals surface area contributed by atoms with E-state index >= 15 is 0 Å². The molecule has 0 amide bonds. The van der Waals surface area contributed by atoms with Crippen LogP contribution >= 0.6 is 11.3 Å². The van der Waals surface area contributed by atoms with Crippen LogP contribution in [-0.2, 0) is 6.42 Å². The summed E-state index contributed by atoms with van der Waals surface area (Å²) < 4.78 is 5.14. The van der Waals surface area contributed by atoms with Gasteiger partial charge in [-0.15, -0.1) is 11.3 Å². The van der Waals surface area contributed by atoms with Crippen molar-refractivity contribution in [3.05, 3.63) is 46.5 Å². The van der Waals surface area contributed by atoms with Gasteiger partial charge in [-0.1, -0.05) is 13.0 Å². The molecule has 0 saturated carbocycles. The van der Waals surface area contributed by atoms with E-state index in [0.29, 0.717) is 6.04 Å². The zero-order valence-electron chi connectivity index (χ0n) is 9.48. The number of hydrogen-bond acceptors (Lipinski definition) is 3. The Bertz CT molecular complexity index is 380. The van der Waals surface area contributed by atoms with E-state index in [9.17, 15) is 0 Å². The van der Waals surface area contributed by atoms with Crippen LogP contribution in [0.3, 0.4) is 0 Å². The van der Waals surface area contributed by atoms with E-state index in [2.05, 4.69) is 29.8 Å². The van der Waals surface area contributed by atoms with Crippen molar-refractivity contribution >= 4 is 11.3 Å². The third kappa shape index (κ3) is 2.97. The van der Waals surface area contributed by atoms with Crippen molar-refractivity contribution in [3.8, 4) is 0 Å². The van der Waals surface area contributed by atoms with Gasteiger partial charge in [0.25, 0.3) is 0 Å². The fourth-order valence-electron chi connectivity index (χ4n) is 1.85. The number of hydrogen-bond donors (Lipinski definition) is 1. The predicted octanol–water partition coefficient (Wildman–Crippen LogP) is 3.62. The molecule has 3 heteroatoms. The molecule has 2 rings (SSSR count). The van der Waals surface area contributed by atoms with Crippen LogP contribution in [0.5, 0.6) is 0 Å². The summed E-state index contributed by atoms with van der Waals surface area (Å²) in [6.45, 7) is 3.12. The van der Waals surface area contributed by atoms with Gasteiger partial charge in [-0.3, -0.25) is 0 Å². The number of nitrogens with one attached hydrogen (secondary N) is 1. The van der Waals surface area contributed by atoms with E-state index < -0.39 is 0 Å². The molecular weight excluding hydrogens is 218 g/mol. The molecule has 2 heterocycles. The summed E-state index contributed by atoms with van der Waals surface area (Å²) in [4.78, 5) is 1.45. The van der Waals surface area contributed by atoms with E-state index in [1.807, 2.05) is 23.7 Å². The Morgan fingerprint density at radius 1 is 1.44 bits per heavy atom. The molecule has 0 aromatic carbocycles. The van der Waals surface area contributed by atoms with Crippen molar-refractivity contribution in [1.82, 2.24) is 5.32 Å². The molecule has 1 N–H and O–H groups in total. The summed E-state index contributed by atoms with van der Waals surface area (Å²) in [7, 11) is 0. The Labute approximate surface area is 100 Å². The summed E-state index contributed by atoms with van der Waals surface area (Å²) in [6.07, 6.45) is 5.82. The number of thiophene rings is 1. The van der Waals surface area contributed by atoms with Crippen molar-refractivity contribution in [3.63, 3.8) is 0 Å². The zero-order chi connectivity index (χ0) is 11.2. The minimum Gasteiger partial charge on any atom is -0.472 e. The smallest absolute Gasteiger partial charge is 0.0950 e. The Kier molecular flexibility index (Phi) is 4.19. The molecule has 0 saturated heterocycles. The SMILES string of the molecule is CCNC(CCc1cccs1)c1ccoc1. The van der Waals surface area contributed by atoms with Gasteiger partial charge >= 0.3 is 0 Å². The molecule has 16 heavy (non-hydrogen) atoms. The van der Waals surface area contributed by atoms with E-state index in [0.717, 1.165) is 19.4 Å². The second-order valence-electron chi connectivity index (χ2n) is 3.78.